The molecule has 0 fully saturated rings. The number of non-ortho nitro benzene ring substituents is 1. The quantitative estimate of drug-likeness (QED) is 0.0546. The molecule has 22 heteroatoms. The Balaban J connectivity index is 0.000000158. The third-order valence-electron chi connectivity index (χ3n) is 9.29. The summed E-state index contributed by atoms with van der Waals surface area (Å²) in [5, 5.41) is 23.7. The van der Waals surface area contributed by atoms with E-state index < -0.39 is 4.92 Å². The first-order valence-corrected chi connectivity index (χ1v) is 20.9. The van der Waals surface area contributed by atoms with Gasteiger partial charge < -0.3 is 15.1 Å². The molecule has 0 radical (unpaired) electrons. The molecule has 0 aliphatic rings. The van der Waals surface area contributed by atoms with E-state index in [4.69, 9.17) is 23.2 Å². The number of aromatic hydroxyl groups is 1. The van der Waals surface area contributed by atoms with E-state index in [-0.39, 0.29) is 39.2 Å². The molecule has 62 heavy (non-hydrogen) atoms. The van der Waals surface area contributed by atoms with Crippen molar-refractivity contribution in [1.29, 1.82) is 0 Å². The van der Waals surface area contributed by atoms with Gasteiger partial charge in [-0.1, -0.05) is 71.0 Å². The van der Waals surface area contributed by atoms with Crippen LogP contribution >= 0.6 is 46.7 Å². The van der Waals surface area contributed by atoms with Gasteiger partial charge in [0.2, 0.25) is 0 Å². The smallest absolute Gasteiger partial charge is 0.271 e. The van der Waals surface area contributed by atoms with Gasteiger partial charge >= 0.3 is 0 Å². The number of halogens is 2. The van der Waals surface area contributed by atoms with E-state index in [1.165, 1.54) is 82.0 Å². The van der Waals surface area contributed by atoms with Crippen LogP contribution in [-0.2, 0) is 11.5 Å². The lowest BCUT2D eigenvalue weighted by Gasteiger charge is -2.14. The fourth-order valence-corrected chi connectivity index (χ4v) is 8.67. The van der Waals surface area contributed by atoms with Crippen molar-refractivity contribution in [2.24, 2.45) is 0 Å². The van der Waals surface area contributed by atoms with Crippen molar-refractivity contribution in [2.45, 2.75) is 21.6 Å². The van der Waals surface area contributed by atoms with Gasteiger partial charge in [0.05, 0.1) is 72.3 Å². The number of nitrogens with zero attached hydrogens (tertiary/aromatic N) is 11. The first-order chi connectivity index (χ1) is 30.1. The number of hydrogen-bond donors (Lipinski definition) is 3. The molecule has 0 atom stereocenters. The maximum atomic E-state index is 13.4. The first kappa shape index (κ1) is 40.2. The molecular weight excluding hydrogens is 878 g/mol. The van der Waals surface area contributed by atoms with Crippen molar-refractivity contribution in [2.75, 3.05) is 0 Å². The highest BCUT2D eigenvalue weighted by Gasteiger charge is 2.20. The van der Waals surface area contributed by atoms with Gasteiger partial charge in [0, 0.05) is 12.1 Å². The Hall–Kier alpha value is -7.26. The lowest BCUT2D eigenvalue weighted by Crippen LogP contribution is -2.24. The zero-order valence-corrected chi connectivity index (χ0v) is 34.5. The summed E-state index contributed by atoms with van der Waals surface area (Å²) >= 11 is 15.5. The van der Waals surface area contributed by atoms with E-state index in [0.29, 0.717) is 76.6 Å². The topological polar surface area (TPSA) is 242 Å². The minimum absolute atomic E-state index is 0.00291. The second-order valence-corrected chi connectivity index (χ2v) is 15.8. The number of benzene rings is 4. The molecule has 0 saturated carbocycles. The van der Waals surface area contributed by atoms with Crippen LogP contribution in [0, 0.1) is 10.1 Å². The number of para-hydroxylation sites is 2. The number of nitro groups is 1. The van der Waals surface area contributed by atoms with Crippen molar-refractivity contribution < 1.29 is 10.0 Å². The minimum atomic E-state index is -0.523. The van der Waals surface area contributed by atoms with E-state index in [1.54, 1.807) is 60.9 Å². The molecule has 0 bridgehead atoms. The van der Waals surface area contributed by atoms with Crippen LogP contribution < -0.4 is 11.1 Å². The van der Waals surface area contributed by atoms with Crippen molar-refractivity contribution in [3.63, 3.8) is 0 Å². The monoisotopic (exact) mass is 901 g/mol. The number of thioether (sulfide) groups is 2. The van der Waals surface area contributed by atoms with Gasteiger partial charge in [-0.2, -0.15) is 0 Å². The molecule has 6 aromatic heterocycles. The summed E-state index contributed by atoms with van der Waals surface area (Å²) in [6.45, 7) is 0. The molecule has 18 nitrogen and oxygen atoms in total. The highest BCUT2D eigenvalue weighted by atomic mass is 35.5. The first-order valence-electron chi connectivity index (χ1n) is 18.1. The Kier molecular flexibility index (Phi) is 11.0. The lowest BCUT2D eigenvalue weighted by molar-refractivity contribution is -0.384. The molecule has 306 valence electrons. The Morgan fingerprint density at radius 2 is 1.18 bits per heavy atom. The fourth-order valence-electron chi connectivity index (χ4n) is 6.48. The van der Waals surface area contributed by atoms with Crippen LogP contribution in [0.15, 0.2) is 130 Å². The average Bonchev–Trinajstić information content (AvgIpc) is 3.97. The summed E-state index contributed by atoms with van der Waals surface area (Å²) in [5.41, 5.74) is 3.36. The van der Waals surface area contributed by atoms with Crippen LogP contribution in [0.3, 0.4) is 0 Å². The van der Waals surface area contributed by atoms with Gasteiger partial charge in [-0.15, -0.1) is 0 Å². The predicted molar refractivity (Wildman–Crippen MR) is 236 cm³/mol. The number of hydrogen-bond acceptors (Lipinski definition) is 15. The molecule has 0 aliphatic heterocycles. The molecular formula is C40H25Cl2N13O5S2. The average molecular weight is 903 g/mol. The SMILES string of the molecule is O=c1c2cc(O)ccc2nc(CSc2ncnc3nc[nH]c23)n1-c1ccccc1Cl.O=c1c2ccc([N+](=O)[O-])cc2nc(CSc2ncnc3nc[nH]c23)n1-c1ccccc1Cl. The van der Waals surface area contributed by atoms with Gasteiger partial charge in [0.25, 0.3) is 16.8 Å². The maximum absolute atomic E-state index is 13.4. The zero-order chi connectivity index (χ0) is 42.9. The Bertz CT molecular complexity index is 3490. The third-order valence-corrected chi connectivity index (χ3v) is 11.9. The van der Waals surface area contributed by atoms with Gasteiger partial charge in [-0.3, -0.25) is 28.8 Å². The number of aromatic nitrogens is 12. The molecule has 10 aromatic rings. The predicted octanol–water partition coefficient (Wildman–Crippen LogP) is 7.61. The molecule has 0 spiro atoms. The maximum Gasteiger partial charge on any atom is 0.271 e. The van der Waals surface area contributed by atoms with Gasteiger partial charge in [0.1, 0.15) is 51.1 Å². The third kappa shape index (κ3) is 7.78. The summed E-state index contributed by atoms with van der Waals surface area (Å²) in [4.78, 5) is 77.8. The van der Waals surface area contributed by atoms with E-state index in [2.05, 4.69) is 49.8 Å². The van der Waals surface area contributed by atoms with Gasteiger partial charge in [0.15, 0.2) is 11.3 Å². The Morgan fingerprint density at radius 3 is 1.73 bits per heavy atom. The Labute approximate surface area is 365 Å². The second-order valence-electron chi connectivity index (χ2n) is 13.0. The van der Waals surface area contributed by atoms with Crippen LogP contribution in [0.5, 0.6) is 5.75 Å². The highest BCUT2D eigenvalue weighted by molar-refractivity contribution is 7.98. The number of aromatic amines is 2. The van der Waals surface area contributed by atoms with Crippen LogP contribution in [-0.4, -0.2) is 69.0 Å². The highest BCUT2D eigenvalue weighted by Crippen LogP contribution is 2.30. The van der Waals surface area contributed by atoms with Crippen LogP contribution in [0.2, 0.25) is 10.0 Å². The number of H-pyrrole nitrogens is 2. The lowest BCUT2D eigenvalue weighted by atomic mass is 10.2. The van der Waals surface area contributed by atoms with E-state index >= 15 is 0 Å². The molecule has 4 aromatic carbocycles. The molecule has 6 heterocycles. The fraction of sp³-hybridized carbons (Fsp3) is 0.0500. The number of nitro benzene ring substituents is 1. The Morgan fingerprint density at radius 1 is 0.645 bits per heavy atom. The summed E-state index contributed by atoms with van der Waals surface area (Å²) < 4.78 is 2.90. The van der Waals surface area contributed by atoms with Crippen molar-refractivity contribution in [3.05, 3.63) is 163 Å². The number of nitrogens with one attached hydrogen (secondary N) is 2. The number of imidazole rings is 2. The van der Waals surface area contributed by atoms with Crippen molar-refractivity contribution in [3.8, 4) is 17.1 Å². The zero-order valence-electron chi connectivity index (χ0n) is 31.4. The molecule has 0 aliphatic carbocycles. The van der Waals surface area contributed by atoms with E-state index in [1.807, 2.05) is 0 Å². The summed E-state index contributed by atoms with van der Waals surface area (Å²) in [6.07, 6.45) is 5.94. The van der Waals surface area contributed by atoms with Crippen molar-refractivity contribution >= 4 is 96.5 Å². The molecule has 0 amide bonds. The number of phenolic OH excluding ortho intramolecular Hbond substituents is 1. The summed E-state index contributed by atoms with van der Waals surface area (Å²) in [5.74, 6) is 1.46. The molecule has 10 rings (SSSR count). The number of fused-ring (bicyclic) bond motifs is 4. The van der Waals surface area contributed by atoms with Crippen molar-refractivity contribution in [1.82, 2.24) is 59.0 Å². The van der Waals surface area contributed by atoms with Crippen LogP contribution in [0.25, 0.3) is 55.5 Å². The minimum Gasteiger partial charge on any atom is -0.508 e. The van der Waals surface area contributed by atoms with E-state index in [0.717, 1.165) is 5.52 Å². The van der Waals surface area contributed by atoms with Gasteiger partial charge in [-0.25, -0.2) is 39.9 Å². The van der Waals surface area contributed by atoms with Crippen LogP contribution in [0.1, 0.15) is 11.6 Å². The van der Waals surface area contributed by atoms with Gasteiger partial charge in [-0.05, 0) is 48.5 Å². The standard InChI is InChI=1S/C20H12ClN7O3S.C20H13ClN6O2S/c21-13-3-1-2-4-15(13)27-16(8-32-19-17-18(23-9-22-17)24-10-25-19)26-14-7-11(28(30)31)5-6-12(14)20(27)29;21-13-3-1-2-4-15(13)27-16(26-14-6-5-11(28)7-12(14)20(27)29)8-30-19-17-18(23-9-22-17)24-10-25-19/h1-7,9-10H,8H2,(H,22,23,24,25);1-7,9-10,28H,8H2,(H,22,23,24,25). The number of rotatable bonds is 9. The molecule has 3 N–H and O–H groups in total. The molecule has 0 saturated heterocycles. The summed E-state index contributed by atoms with van der Waals surface area (Å²) in [6, 6.07) is 22.5. The number of phenols is 1. The van der Waals surface area contributed by atoms with E-state index in [9.17, 15) is 24.8 Å². The summed E-state index contributed by atoms with van der Waals surface area (Å²) in [7, 11) is 0. The normalized spacial score (nSPS) is 11.3. The second kappa shape index (κ2) is 17.0. The largest absolute Gasteiger partial charge is 0.508 e. The molecule has 0 unspecified atom stereocenters. The van der Waals surface area contributed by atoms with Crippen LogP contribution in [0.4, 0.5) is 5.69 Å².